The maximum Gasteiger partial charge on any atom is 0.308 e. The summed E-state index contributed by atoms with van der Waals surface area (Å²) in [5.41, 5.74) is 0.825. The average molecular weight is 453 g/mol. The number of nitrogens with zero attached hydrogens (tertiary/aromatic N) is 1. The number of nitrogens with one attached hydrogen (secondary N) is 1. The molecule has 0 atom stereocenters. The molecule has 1 aromatic rings. The van der Waals surface area contributed by atoms with Gasteiger partial charge in [-0.2, -0.15) is 0 Å². The van der Waals surface area contributed by atoms with Crippen LogP contribution in [0.2, 0.25) is 0 Å². The molecule has 0 radical (unpaired) electrons. The summed E-state index contributed by atoms with van der Waals surface area (Å²) in [4.78, 5) is 38.7. The lowest BCUT2D eigenvalue weighted by Crippen LogP contribution is -2.48. The van der Waals surface area contributed by atoms with Crippen molar-refractivity contribution in [2.75, 3.05) is 19.6 Å². The average Bonchev–Trinajstić information content (AvgIpc) is 2.76. The standard InChI is InChI=1S/C27H36N2O4/c1-18(30)33-24-4-2-3-23(12-24)26(32)29-7-5-19(6-8-29)17-28-25(31)16-27-13-20-9-21(14-27)11-22(10-20)15-27/h2-4,12,19-22H,5-11,13-17H2,1H3,(H,28,31). The Kier molecular flexibility index (Phi) is 6.19. The summed E-state index contributed by atoms with van der Waals surface area (Å²) in [5.74, 6) is 3.24. The van der Waals surface area contributed by atoms with Gasteiger partial charge >= 0.3 is 5.97 Å². The molecule has 6 nitrogen and oxygen atoms in total. The Hall–Kier alpha value is -2.37. The van der Waals surface area contributed by atoms with Crippen LogP contribution in [0.4, 0.5) is 0 Å². The van der Waals surface area contributed by atoms with Crippen molar-refractivity contribution in [1.82, 2.24) is 10.2 Å². The molecule has 4 bridgehead atoms. The summed E-state index contributed by atoms with van der Waals surface area (Å²) in [6.07, 6.45) is 10.5. The maximum atomic E-state index is 12.9. The molecule has 0 unspecified atom stereocenters. The van der Waals surface area contributed by atoms with Gasteiger partial charge in [0.1, 0.15) is 5.75 Å². The van der Waals surface area contributed by atoms with Crippen molar-refractivity contribution in [3.8, 4) is 5.75 Å². The third kappa shape index (κ3) is 5.10. The van der Waals surface area contributed by atoms with Crippen LogP contribution in [0.5, 0.6) is 5.75 Å². The van der Waals surface area contributed by atoms with E-state index in [1.165, 1.54) is 45.4 Å². The number of hydrogen-bond donors (Lipinski definition) is 1. The second-order valence-electron chi connectivity index (χ2n) is 11.3. The third-order valence-electron chi connectivity index (χ3n) is 8.53. The summed E-state index contributed by atoms with van der Waals surface area (Å²) < 4.78 is 5.10. The summed E-state index contributed by atoms with van der Waals surface area (Å²) in [5, 5.41) is 3.24. The molecule has 5 fully saturated rings. The maximum absolute atomic E-state index is 12.9. The van der Waals surface area contributed by atoms with Gasteiger partial charge in [0.05, 0.1) is 0 Å². The zero-order chi connectivity index (χ0) is 23.0. The van der Waals surface area contributed by atoms with Crippen LogP contribution >= 0.6 is 0 Å². The molecule has 6 rings (SSSR count). The summed E-state index contributed by atoms with van der Waals surface area (Å²) in [6.45, 7) is 3.44. The predicted octanol–water partition coefficient (Wildman–Crippen LogP) is 4.19. The van der Waals surface area contributed by atoms with E-state index in [0.29, 0.717) is 36.7 Å². The van der Waals surface area contributed by atoms with E-state index in [1.807, 2.05) is 4.90 Å². The van der Waals surface area contributed by atoms with E-state index in [1.54, 1.807) is 24.3 Å². The van der Waals surface area contributed by atoms with Crippen LogP contribution in [-0.2, 0) is 9.59 Å². The number of likely N-dealkylation sites (tertiary alicyclic amines) is 1. The Morgan fingerprint density at radius 3 is 2.27 bits per heavy atom. The van der Waals surface area contributed by atoms with Gasteiger partial charge in [0, 0.05) is 38.5 Å². The van der Waals surface area contributed by atoms with Crippen molar-refractivity contribution < 1.29 is 19.1 Å². The van der Waals surface area contributed by atoms with Crippen molar-refractivity contribution in [2.45, 2.75) is 64.7 Å². The second-order valence-corrected chi connectivity index (χ2v) is 11.3. The minimum Gasteiger partial charge on any atom is -0.427 e. The quantitative estimate of drug-likeness (QED) is 0.519. The minimum absolute atomic E-state index is 0.0340. The molecule has 1 aromatic carbocycles. The first-order valence-electron chi connectivity index (χ1n) is 12.7. The molecule has 5 aliphatic rings. The third-order valence-corrected chi connectivity index (χ3v) is 8.53. The fraction of sp³-hybridized carbons (Fsp3) is 0.667. The van der Waals surface area contributed by atoms with Gasteiger partial charge in [-0.05, 0) is 98.7 Å². The van der Waals surface area contributed by atoms with Gasteiger partial charge in [-0.15, -0.1) is 0 Å². The van der Waals surface area contributed by atoms with E-state index in [4.69, 9.17) is 4.74 Å². The molecule has 2 amide bonds. The molecule has 178 valence electrons. The predicted molar refractivity (Wildman–Crippen MR) is 125 cm³/mol. The van der Waals surface area contributed by atoms with E-state index in [9.17, 15) is 14.4 Å². The number of piperidine rings is 1. The fourth-order valence-electron chi connectivity index (χ4n) is 7.55. The van der Waals surface area contributed by atoms with Crippen LogP contribution in [-0.4, -0.2) is 42.3 Å². The Morgan fingerprint density at radius 1 is 1.03 bits per heavy atom. The SMILES string of the molecule is CC(=O)Oc1cccc(C(=O)N2CCC(CNC(=O)CC34CC5CC(CC(C5)C3)C4)CC2)c1. The monoisotopic (exact) mass is 452 g/mol. The van der Waals surface area contributed by atoms with Crippen LogP contribution in [0.3, 0.4) is 0 Å². The highest BCUT2D eigenvalue weighted by molar-refractivity contribution is 5.94. The van der Waals surface area contributed by atoms with Gasteiger partial charge in [-0.3, -0.25) is 14.4 Å². The van der Waals surface area contributed by atoms with Crippen molar-refractivity contribution >= 4 is 17.8 Å². The molecule has 4 aliphatic carbocycles. The van der Waals surface area contributed by atoms with E-state index < -0.39 is 5.97 Å². The highest BCUT2D eigenvalue weighted by Gasteiger charge is 2.51. The zero-order valence-electron chi connectivity index (χ0n) is 19.7. The highest BCUT2D eigenvalue weighted by atomic mass is 16.5. The van der Waals surface area contributed by atoms with Crippen LogP contribution < -0.4 is 10.1 Å². The van der Waals surface area contributed by atoms with Gasteiger partial charge in [0.15, 0.2) is 0 Å². The number of benzene rings is 1. The number of hydrogen-bond acceptors (Lipinski definition) is 4. The fourth-order valence-corrected chi connectivity index (χ4v) is 7.55. The second kappa shape index (κ2) is 9.11. The van der Waals surface area contributed by atoms with Crippen LogP contribution in [0, 0.1) is 29.1 Å². The van der Waals surface area contributed by atoms with Crippen LogP contribution in [0.15, 0.2) is 24.3 Å². The molecule has 1 heterocycles. The number of ether oxygens (including phenoxy) is 1. The lowest BCUT2D eigenvalue weighted by Gasteiger charge is -2.56. The molecule has 0 spiro atoms. The number of esters is 1. The number of carbonyl (C=O) groups excluding carboxylic acids is 3. The molecule has 0 aromatic heterocycles. The Bertz CT molecular complexity index is 883. The van der Waals surface area contributed by atoms with Gasteiger partial charge in [-0.25, -0.2) is 0 Å². The van der Waals surface area contributed by atoms with Crippen molar-refractivity contribution in [1.29, 1.82) is 0 Å². The van der Waals surface area contributed by atoms with Crippen LogP contribution in [0.1, 0.15) is 75.1 Å². The summed E-state index contributed by atoms with van der Waals surface area (Å²) >= 11 is 0. The first-order chi connectivity index (χ1) is 15.9. The van der Waals surface area contributed by atoms with Gasteiger partial charge < -0.3 is 15.0 Å². The molecule has 4 saturated carbocycles. The molecule has 6 heteroatoms. The lowest BCUT2D eigenvalue weighted by molar-refractivity contribution is -0.132. The van der Waals surface area contributed by atoms with Gasteiger partial charge in [0.2, 0.25) is 5.91 Å². The smallest absolute Gasteiger partial charge is 0.308 e. The largest absolute Gasteiger partial charge is 0.427 e. The first kappa shape index (κ1) is 22.4. The van der Waals surface area contributed by atoms with E-state index in [-0.39, 0.29) is 17.2 Å². The molecular weight excluding hydrogens is 416 g/mol. The van der Waals surface area contributed by atoms with Crippen molar-refractivity contribution in [3.63, 3.8) is 0 Å². The first-order valence-corrected chi connectivity index (χ1v) is 12.7. The van der Waals surface area contributed by atoms with Crippen molar-refractivity contribution in [2.24, 2.45) is 29.1 Å². The Morgan fingerprint density at radius 2 is 1.67 bits per heavy atom. The van der Waals surface area contributed by atoms with E-state index >= 15 is 0 Å². The normalized spacial score (nSPS) is 30.8. The summed E-state index contributed by atoms with van der Waals surface area (Å²) in [7, 11) is 0. The minimum atomic E-state index is -0.398. The summed E-state index contributed by atoms with van der Waals surface area (Å²) in [6, 6.07) is 6.79. The van der Waals surface area contributed by atoms with Crippen LogP contribution in [0.25, 0.3) is 0 Å². The number of amides is 2. The molecule has 1 N–H and O–H groups in total. The molecule has 1 saturated heterocycles. The lowest BCUT2D eigenvalue weighted by atomic mass is 9.49. The number of carbonyl (C=O) groups is 3. The molecule has 33 heavy (non-hydrogen) atoms. The van der Waals surface area contributed by atoms with Crippen molar-refractivity contribution in [3.05, 3.63) is 29.8 Å². The topological polar surface area (TPSA) is 75.7 Å². The van der Waals surface area contributed by atoms with Gasteiger partial charge in [-0.1, -0.05) is 6.07 Å². The van der Waals surface area contributed by atoms with E-state index in [0.717, 1.165) is 37.1 Å². The highest BCUT2D eigenvalue weighted by Crippen LogP contribution is 2.61. The van der Waals surface area contributed by atoms with Gasteiger partial charge in [0.25, 0.3) is 5.91 Å². The Balaban J connectivity index is 1.07. The van der Waals surface area contributed by atoms with E-state index in [2.05, 4.69) is 5.32 Å². The Labute approximate surface area is 196 Å². The molecule has 1 aliphatic heterocycles. The zero-order valence-corrected chi connectivity index (χ0v) is 19.7. The molecular formula is C27H36N2O4. The number of rotatable bonds is 6.